The molecule has 4 nitrogen and oxygen atoms in total. The van der Waals surface area contributed by atoms with Gasteiger partial charge in [-0.15, -0.1) is 18.8 Å². The molecule has 114 valence electrons. The second kappa shape index (κ2) is 7.30. The van der Waals surface area contributed by atoms with Crippen LogP contribution in [0.1, 0.15) is 5.82 Å². The molecule has 0 atom stereocenters. The lowest BCUT2D eigenvalue weighted by Crippen LogP contribution is -1.96. The van der Waals surface area contributed by atoms with E-state index >= 15 is 0 Å². The molecule has 2 aliphatic carbocycles. The van der Waals surface area contributed by atoms with E-state index in [1.165, 1.54) is 11.1 Å². The van der Waals surface area contributed by atoms with Crippen LogP contribution in [0.15, 0.2) is 60.8 Å². The predicted molar refractivity (Wildman–Crippen MR) is 94.0 cm³/mol. The second-order valence-electron chi connectivity index (χ2n) is 4.66. The van der Waals surface area contributed by atoms with Crippen LogP contribution in [0, 0.1) is 12.3 Å². The van der Waals surface area contributed by atoms with Gasteiger partial charge in [-0.1, -0.05) is 18.2 Å². The molecular weight excluding hydrogens is 310 g/mol. The summed E-state index contributed by atoms with van der Waals surface area (Å²) >= 11 is 0. The van der Waals surface area contributed by atoms with Gasteiger partial charge < -0.3 is 10.4 Å². The number of nitrogens with one attached hydrogen (secondary N) is 1. The number of aromatic nitrogens is 2. The van der Waals surface area contributed by atoms with Crippen LogP contribution >= 0.6 is 12.4 Å². The predicted octanol–water partition coefficient (Wildman–Crippen LogP) is 4.00. The Labute approximate surface area is 140 Å². The van der Waals surface area contributed by atoms with E-state index in [0.29, 0.717) is 11.6 Å². The molecule has 1 heterocycles. The van der Waals surface area contributed by atoms with Gasteiger partial charge in [0.2, 0.25) is 5.82 Å². The molecule has 0 spiro atoms. The molecule has 1 aromatic carbocycles. The summed E-state index contributed by atoms with van der Waals surface area (Å²) in [6, 6.07) is 16.9. The van der Waals surface area contributed by atoms with Crippen LogP contribution in [0.3, 0.4) is 0 Å². The average Bonchev–Trinajstić information content (AvgIpc) is 3.16. The van der Waals surface area contributed by atoms with Crippen molar-refractivity contribution in [3.63, 3.8) is 0 Å². The van der Waals surface area contributed by atoms with Crippen LogP contribution in [0.2, 0.25) is 0 Å². The van der Waals surface area contributed by atoms with Crippen molar-refractivity contribution in [1.29, 1.82) is 0 Å². The molecule has 4 rings (SSSR count). The van der Waals surface area contributed by atoms with Crippen LogP contribution in [0.4, 0.5) is 11.5 Å². The van der Waals surface area contributed by atoms with Gasteiger partial charge in [-0.3, -0.25) is 0 Å². The van der Waals surface area contributed by atoms with Crippen molar-refractivity contribution < 1.29 is 5.11 Å². The number of phenolic OH excluding ortho intramolecular Hbond substituents is 1. The number of phenols is 1. The third-order valence-corrected chi connectivity index (χ3v) is 3.04. The number of terminal acetylenes is 1. The molecule has 2 aromatic rings. The summed E-state index contributed by atoms with van der Waals surface area (Å²) in [5.74, 6) is 3.54. The van der Waals surface area contributed by atoms with Gasteiger partial charge in [0.1, 0.15) is 11.6 Å². The highest BCUT2D eigenvalue weighted by atomic mass is 35.5. The zero-order valence-electron chi connectivity index (χ0n) is 12.1. The van der Waals surface area contributed by atoms with E-state index in [0.717, 1.165) is 5.69 Å². The highest BCUT2D eigenvalue weighted by molar-refractivity contribution is 5.85. The van der Waals surface area contributed by atoms with Gasteiger partial charge in [-0.25, -0.2) is 9.97 Å². The zero-order valence-corrected chi connectivity index (χ0v) is 12.9. The van der Waals surface area contributed by atoms with Crippen molar-refractivity contribution in [2.24, 2.45) is 0 Å². The third kappa shape index (κ3) is 4.47. The SMILES string of the molecule is C#Cc1nccc(Nc2ccc(O)cc2)n1.Cl.c1cc2cc-2c1. The molecule has 0 saturated carbocycles. The number of benzene rings is 2. The summed E-state index contributed by atoms with van der Waals surface area (Å²) in [6.45, 7) is 0. The molecule has 2 aliphatic rings. The maximum absolute atomic E-state index is 9.12. The Morgan fingerprint density at radius 1 is 1.00 bits per heavy atom. The third-order valence-electron chi connectivity index (χ3n) is 3.04. The van der Waals surface area contributed by atoms with Crippen LogP contribution < -0.4 is 5.32 Å². The lowest BCUT2D eigenvalue weighted by atomic mass is 10.3. The highest BCUT2D eigenvalue weighted by Crippen LogP contribution is 2.32. The molecule has 0 unspecified atom stereocenters. The fourth-order valence-electron chi connectivity index (χ4n) is 1.87. The van der Waals surface area contributed by atoms with Gasteiger partial charge in [-0.05, 0) is 53.4 Å². The number of rotatable bonds is 2. The van der Waals surface area contributed by atoms with Crippen molar-refractivity contribution in [1.82, 2.24) is 9.97 Å². The Kier molecular flexibility index (Phi) is 5.19. The Morgan fingerprint density at radius 3 is 2.22 bits per heavy atom. The van der Waals surface area contributed by atoms with E-state index in [2.05, 4.69) is 45.5 Å². The smallest absolute Gasteiger partial charge is 0.206 e. The van der Waals surface area contributed by atoms with E-state index in [4.69, 9.17) is 11.5 Å². The fourth-order valence-corrected chi connectivity index (χ4v) is 1.87. The number of anilines is 2. The molecule has 23 heavy (non-hydrogen) atoms. The largest absolute Gasteiger partial charge is 0.508 e. The van der Waals surface area contributed by atoms with Crippen molar-refractivity contribution in [2.75, 3.05) is 5.32 Å². The van der Waals surface area contributed by atoms with Gasteiger partial charge in [0.05, 0.1) is 0 Å². The number of halogens is 1. The van der Waals surface area contributed by atoms with Crippen molar-refractivity contribution in [2.45, 2.75) is 0 Å². The van der Waals surface area contributed by atoms with Gasteiger partial charge >= 0.3 is 0 Å². The molecule has 0 amide bonds. The Hall–Kier alpha value is -3.03. The summed E-state index contributed by atoms with van der Waals surface area (Å²) in [5, 5.41) is 12.2. The van der Waals surface area contributed by atoms with E-state index in [9.17, 15) is 0 Å². The van der Waals surface area contributed by atoms with E-state index in [-0.39, 0.29) is 18.2 Å². The monoisotopic (exact) mass is 323 g/mol. The minimum Gasteiger partial charge on any atom is -0.508 e. The number of hydrogen-bond acceptors (Lipinski definition) is 4. The first-order chi connectivity index (χ1) is 10.7. The van der Waals surface area contributed by atoms with E-state index < -0.39 is 0 Å². The number of hydrogen-bond donors (Lipinski definition) is 2. The van der Waals surface area contributed by atoms with Gasteiger partial charge in [-0.2, -0.15) is 0 Å². The second-order valence-corrected chi connectivity index (χ2v) is 4.66. The lowest BCUT2D eigenvalue weighted by Gasteiger charge is -2.05. The first-order valence-electron chi connectivity index (χ1n) is 6.71. The van der Waals surface area contributed by atoms with Crippen LogP contribution in [-0.2, 0) is 0 Å². The van der Waals surface area contributed by atoms with Crippen LogP contribution in [0.25, 0.3) is 11.1 Å². The molecule has 0 aliphatic heterocycles. The van der Waals surface area contributed by atoms with Crippen molar-refractivity contribution >= 4 is 23.9 Å². The molecule has 0 bridgehead atoms. The van der Waals surface area contributed by atoms with Crippen LogP contribution in [0.5, 0.6) is 5.75 Å². The van der Waals surface area contributed by atoms with Gasteiger partial charge in [0.25, 0.3) is 0 Å². The number of nitrogens with zero attached hydrogens (tertiary/aromatic N) is 2. The summed E-state index contributed by atoms with van der Waals surface area (Å²) in [6.07, 6.45) is 6.78. The van der Waals surface area contributed by atoms with E-state index in [1.54, 1.807) is 36.5 Å². The summed E-state index contributed by atoms with van der Waals surface area (Å²) in [7, 11) is 0. The van der Waals surface area contributed by atoms with Crippen molar-refractivity contribution in [3.8, 4) is 29.2 Å². The number of fused-ring (bicyclic) bond motifs is 1. The molecule has 5 heteroatoms. The maximum atomic E-state index is 9.12. The lowest BCUT2D eigenvalue weighted by molar-refractivity contribution is 0.475. The molecule has 0 saturated heterocycles. The molecule has 1 aromatic heterocycles. The minimum absolute atomic E-state index is 0. The first-order valence-corrected chi connectivity index (χ1v) is 6.71. The molecule has 0 radical (unpaired) electrons. The molecular formula is C18H14ClN3O. The van der Waals surface area contributed by atoms with Crippen molar-refractivity contribution in [3.05, 3.63) is 66.6 Å². The minimum atomic E-state index is 0. The maximum Gasteiger partial charge on any atom is 0.206 e. The fraction of sp³-hybridized carbons (Fsp3) is 0. The quantitative estimate of drug-likeness (QED) is 0.432. The summed E-state index contributed by atoms with van der Waals surface area (Å²) in [5.41, 5.74) is 3.67. The van der Waals surface area contributed by atoms with Gasteiger partial charge in [0, 0.05) is 11.9 Å². The standard InChI is InChI=1S/C12H9N3O.C6H4.ClH/c1-2-11-13-8-7-12(15-11)14-9-3-5-10(16)6-4-9;1-2-5-4-6(5)3-1;/h1,3-8,16H,(H,13,14,15);1-4H;1H. The topological polar surface area (TPSA) is 58.0 Å². The van der Waals surface area contributed by atoms with E-state index in [1.807, 2.05) is 0 Å². The van der Waals surface area contributed by atoms with Crippen LogP contribution in [-0.4, -0.2) is 15.1 Å². The normalized spacial score (nSPS) is 9.52. The average molecular weight is 324 g/mol. The Morgan fingerprint density at radius 2 is 1.70 bits per heavy atom. The highest BCUT2D eigenvalue weighted by Gasteiger charge is 2.07. The van der Waals surface area contributed by atoms with Gasteiger partial charge in [0.15, 0.2) is 0 Å². The zero-order chi connectivity index (χ0) is 15.4. The number of aromatic hydroxyl groups is 1. The molecule has 2 N–H and O–H groups in total. The molecule has 0 fully saturated rings. The first kappa shape index (κ1) is 16.3. The Bertz CT molecular complexity index is 824. The summed E-state index contributed by atoms with van der Waals surface area (Å²) in [4.78, 5) is 7.97. The Balaban J connectivity index is 0.000000227. The summed E-state index contributed by atoms with van der Waals surface area (Å²) < 4.78 is 0.